The maximum absolute atomic E-state index is 11.6. The van der Waals surface area contributed by atoms with Gasteiger partial charge in [0.15, 0.2) is 0 Å². The van der Waals surface area contributed by atoms with E-state index in [9.17, 15) is 4.79 Å². The highest BCUT2D eigenvalue weighted by Gasteiger charge is 2.10. The molecule has 0 aromatic carbocycles. The second-order valence-corrected chi connectivity index (χ2v) is 4.36. The van der Waals surface area contributed by atoms with Crippen molar-refractivity contribution in [3.63, 3.8) is 0 Å². The van der Waals surface area contributed by atoms with Crippen LogP contribution in [0.25, 0.3) is 0 Å². The van der Waals surface area contributed by atoms with Crippen molar-refractivity contribution in [3.05, 3.63) is 0 Å². The molecule has 0 saturated carbocycles. The number of carbonyl (C=O) groups is 1. The Morgan fingerprint density at radius 2 is 2.18 bits per heavy atom. The first-order chi connectivity index (χ1) is 8.10. The number of thiocarbonyl (C=S) groups is 1. The summed E-state index contributed by atoms with van der Waals surface area (Å²) < 4.78 is 5.00. The Balaban J connectivity index is 3.98. The van der Waals surface area contributed by atoms with Gasteiger partial charge in [-0.1, -0.05) is 19.1 Å². The molecule has 0 aromatic rings. The van der Waals surface area contributed by atoms with E-state index in [1.807, 2.05) is 11.8 Å². The SMILES string of the molecule is CCCNC(=O)CN(CCOC)CCC(N)=S. The first-order valence-electron chi connectivity index (χ1n) is 5.86. The van der Waals surface area contributed by atoms with Crippen molar-refractivity contribution in [1.29, 1.82) is 0 Å². The number of carbonyl (C=O) groups excluding carboxylic acids is 1. The zero-order valence-corrected chi connectivity index (χ0v) is 11.5. The Morgan fingerprint density at radius 3 is 2.71 bits per heavy atom. The Labute approximate surface area is 109 Å². The second kappa shape index (κ2) is 10.4. The fourth-order valence-corrected chi connectivity index (χ4v) is 1.37. The third kappa shape index (κ3) is 10.2. The monoisotopic (exact) mass is 261 g/mol. The molecule has 17 heavy (non-hydrogen) atoms. The van der Waals surface area contributed by atoms with Crippen LogP contribution >= 0.6 is 12.2 Å². The lowest BCUT2D eigenvalue weighted by atomic mass is 10.3. The molecule has 0 aliphatic rings. The van der Waals surface area contributed by atoms with Crippen LogP contribution in [-0.4, -0.2) is 55.7 Å². The fraction of sp³-hybridized carbons (Fsp3) is 0.818. The van der Waals surface area contributed by atoms with Crippen LogP contribution in [0.3, 0.4) is 0 Å². The van der Waals surface area contributed by atoms with Crippen molar-refractivity contribution in [1.82, 2.24) is 10.2 Å². The zero-order valence-electron chi connectivity index (χ0n) is 10.7. The fourth-order valence-electron chi connectivity index (χ4n) is 1.28. The molecule has 3 N–H and O–H groups in total. The van der Waals surface area contributed by atoms with Crippen molar-refractivity contribution >= 4 is 23.1 Å². The van der Waals surface area contributed by atoms with E-state index in [2.05, 4.69) is 5.32 Å². The highest BCUT2D eigenvalue weighted by Crippen LogP contribution is 1.93. The molecule has 0 bridgehead atoms. The standard InChI is InChI=1S/C11H23N3O2S/c1-3-5-13-11(15)9-14(7-8-16-2)6-4-10(12)17/h3-9H2,1-2H3,(H2,12,17)(H,13,15). The van der Waals surface area contributed by atoms with Gasteiger partial charge in [0.25, 0.3) is 0 Å². The molecule has 100 valence electrons. The van der Waals surface area contributed by atoms with Crippen molar-refractivity contribution < 1.29 is 9.53 Å². The van der Waals surface area contributed by atoms with E-state index in [1.165, 1.54) is 0 Å². The van der Waals surface area contributed by atoms with Crippen LogP contribution in [-0.2, 0) is 9.53 Å². The van der Waals surface area contributed by atoms with Crippen LogP contribution in [0.4, 0.5) is 0 Å². The molecule has 0 aromatic heterocycles. The predicted octanol–water partition coefficient (Wildman–Crippen LogP) is 0.137. The van der Waals surface area contributed by atoms with Crippen LogP contribution in [0.1, 0.15) is 19.8 Å². The summed E-state index contributed by atoms with van der Waals surface area (Å²) in [6.07, 6.45) is 1.57. The van der Waals surface area contributed by atoms with E-state index in [0.29, 0.717) is 44.2 Å². The summed E-state index contributed by atoms with van der Waals surface area (Å²) in [4.78, 5) is 14.0. The smallest absolute Gasteiger partial charge is 0.234 e. The molecule has 0 saturated heterocycles. The maximum atomic E-state index is 11.6. The van der Waals surface area contributed by atoms with Crippen molar-refractivity contribution in [3.8, 4) is 0 Å². The molecule has 0 rings (SSSR count). The van der Waals surface area contributed by atoms with Gasteiger partial charge in [0, 0.05) is 33.2 Å². The average molecular weight is 261 g/mol. The molecule has 0 unspecified atom stereocenters. The minimum absolute atomic E-state index is 0.0332. The third-order valence-corrected chi connectivity index (χ3v) is 2.43. The number of hydrogen-bond donors (Lipinski definition) is 2. The summed E-state index contributed by atoms with van der Waals surface area (Å²) in [5.41, 5.74) is 5.45. The summed E-state index contributed by atoms with van der Waals surface area (Å²) in [6.45, 7) is 5.10. The number of methoxy groups -OCH3 is 1. The van der Waals surface area contributed by atoms with Gasteiger partial charge in [-0.3, -0.25) is 9.69 Å². The lowest BCUT2D eigenvalue weighted by molar-refractivity contribution is -0.122. The molecule has 0 atom stereocenters. The normalized spacial score (nSPS) is 10.5. The second-order valence-electron chi connectivity index (χ2n) is 3.84. The van der Waals surface area contributed by atoms with E-state index < -0.39 is 0 Å². The van der Waals surface area contributed by atoms with E-state index in [1.54, 1.807) is 7.11 Å². The predicted molar refractivity (Wildman–Crippen MR) is 73.0 cm³/mol. The van der Waals surface area contributed by atoms with Crippen LogP contribution in [0.15, 0.2) is 0 Å². The molecule has 0 aliphatic heterocycles. The van der Waals surface area contributed by atoms with Gasteiger partial charge in [0.1, 0.15) is 0 Å². The number of amides is 1. The van der Waals surface area contributed by atoms with E-state index in [0.717, 1.165) is 6.42 Å². The van der Waals surface area contributed by atoms with Crippen LogP contribution in [0, 0.1) is 0 Å². The van der Waals surface area contributed by atoms with Crippen molar-refractivity contribution in [2.45, 2.75) is 19.8 Å². The molecule has 1 amide bonds. The molecular weight excluding hydrogens is 238 g/mol. The van der Waals surface area contributed by atoms with Gasteiger partial charge in [0.2, 0.25) is 5.91 Å². The first-order valence-corrected chi connectivity index (χ1v) is 6.27. The highest BCUT2D eigenvalue weighted by atomic mass is 32.1. The number of nitrogens with zero attached hydrogens (tertiary/aromatic N) is 1. The molecule has 0 spiro atoms. The van der Waals surface area contributed by atoms with Gasteiger partial charge in [0.05, 0.1) is 18.1 Å². The molecule has 0 aliphatic carbocycles. The highest BCUT2D eigenvalue weighted by molar-refractivity contribution is 7.80. The number of ether oxygens (including phenoxy) is 1. The van der Waals surface area contributed by atoms with Crippen LogP contribution in [0.5, 0.6) is 0 Å². The van der Waals surface area contributed by atoms with Crippen LogP contribution in [0.2, 0.25) is 0 Å². The molecule has 5 nitrogen and oxygen atoms in total. The van der Waals surface area contributed by atoms with E-state index in [4.69, 9.17) is 22.7 Å². The van der Waals surface area contributed by atoms with Gasteiger partial charge < -0.3 is 15.8 Å². The topological polar surface area (TPSA) is 67.6 Å². The lowest BCUT2D eigenvalue weighted by Crippen LogP contribution is -2.40. The molecule has 0 fully saturated rings. The number of nitrogens with one attached hydrogen (secondary N) is 1. The maximum Gasteiger partial charge on any atom is 0.234 e. The molecule has 6 heteroatoms. The summed E-state index contributed by atoms with van der Waals surface area (Å²) in [7, 11) is 1.64. The molecular formula is C11H23N3O2S. The van der Waals surface area contributed by atoms with Crippen LogP contribution < -0.4 is 11.1 Å². The summed E-state index contributed by atoms with van der Waals surface area (Å²) in [6, 6.07) is 0. The zero-order chi connectivity index (χ0) is 13.1. The Kier molecular flexibility index (Phi) is 9.99. The number of hydrogen-bond acceptors (Lipinski definition) is 4. The summed E-state index contributed by atoms with van der Waals surface area (Å²) >= 11 is 4.83. The summed E-state index contributed by atoms with van der Waals surface area (Å²) in [5.74, 6) is 0.0332. The molecule has 0 radical (unpaired) electrons. The number of nitrogens with two attached hydrogens (primary N) is 1. The first kappa shape index (κ1) is 16.3. The quantitative estimate of drug-likeness (QED) is 0.547. The lowest BCUT2D eigenvalue weighted by Gasteiger charge is -2.21. The minimum Gasteiger partial charge on any atom is -0.393 e. The largest absolute Gasteiger partial charge is 0.393 e. The van der Waals surface area contributed by atoms with Gasteiger partial charge in [-0.05, 0) is 6.42 Å². The van der Waals surface area contributed by atoms with Gasteiger partial charge in [-0.25, -0.2) is 0 Å². The summed E-state index contributed by atoms with van der Waals surface area (Å²) in [5, 5.41) is 2.84. The van der Waals surface area contributed by atoms with E-state index >= 15 is 0 Å². The van der Waals surface area contributed by atoms with E-state index in [-0.39, 0.29) is 5.91 Å². The Morgan fingerprint density at radius 1 is 1.47 bits per heavy atom. The van der Waals surface area contributed by atoms with Crippen molar-refractivity contribution in [2.75, 3.05) is 39.9 Å². The Bertz CT molecular complexity index is 237. The van der Waals surface area contributed by atoms with Gasteiger partial charge >= 0.3 is 0 Å². The van der Waals surface area contributed by atoms with Crippen molar-refractivity contribution in [2.24, 2.45) is 5.73 Å². The van der Waals surface area contributed by atoms with Gasteiger partial charge in [-0.2, -0.15) is 0 Å². The molecule has 0 heterocycles. The third-order valence-electron chi connectivity index (χ3n) is 2.23. The Hall–Kier alpha value is -0.720. The van der Waals surface area contributed by atoms with Gasteiger partial charge in [-0.15, -0.1) is 0 Å². The number of rotatable bonds is 10. The minimum atomic E-state index is 0.0332. The average Bonchev–Trinajstić information content (AvgIpc) is 2.29.